The maximum Gasteiger partial charge on any atom is 0.313 e. The van der Waals surface area contributed by atoms with Gasteiger partial charge in [-0.3, -0.25) is 19.2 Å². The van der Waals surface area contributed by atoms with Gasteiger partial charge in [0.05, 0.1) is 31.2 Å². The van der Waals surface area contributed by atoms with Crippen molar-refractivity contribution in [3.8, 4) is 0 Å². The average molecular weight is 614 g/mol. The molecule has 0 radical (unpaired) electrons. The summed E-state index contributed by atoms with van der Waals surface area (Å²) in [6, 6.07) is 13.1. The summed E-state index contributed by atoms with van der Waals surface area (Å²) in [5, 5.41) is 13.1. The molecular weight excluding hydrogens is 574 g/mol. The van der Waals surface area contributed by atoms with Crippen molar-refractivity contribution >= 4 is 29.4 Å². The van der Waals surface area contributed by atoms with E-state index in [0.717, 1.165) is 16.8 Å². The van der Waals surface area contributed by atoms with Crippen LogP contribution in [-0.4, -0.2) is 77.2 Å². The van der Waals surface area contributed by atoms with E-state index in [1.165, 1.54) is 4.90 Å². The number of hydrogen-bond donors (Lipinski definition) is 2. The summed E-state index contributed by atoms with van der Waals surface area (Å²) >= 11 is 0. The number of nitrogens with one attached hydrogen (secondary N) is 1. The monoisotopic (exact) mass is 613 g/mol. The second-order valence-electron chi connectivity index (χ2n) is 12.4. The molecule has 10 heteroatoms. The number of amides is 3. The number of rotatable bonds is 4. The highest BCUT2D eigenvalue weighted by atomic mass is 16.6. The summed E-state index contributed by atoms with van der Waals surface area (Å²) in [5.74, 6) is -3.78. The number of cyclic esters (lactones) is 1. The number of carbonyl (C=O) groups excluding carboxylic acids is 4. The maximum absolute atomic E-state index is 14.7. The molecule has 1 spiro atoms. The maximum atomic E-state index is 14.7. The molecule has 45 heavy (non-hydrogen) atoms. The van der Waals surface area contributed by atoms with E-state index in [4.69, 9.17) is 9.47 Å². The fraction of sp³-hybridized carbons (Fsp3) is 0.429. The molecule has 4 heterocycles. The van der Waals surface area contributed by atoms with Gasteiger partial charge < -0.3 is 29.7 Å². The zero-order chi connectivity index (χ0) is 31.9. The van der Waals surface area contributed by atoms with Crippen LogP contribution in [0.25, 0.3) is 0 Å². The Morgan fingerprint density at radius 3 is 2.58 bits per heavy atom. The van der Waals surface area contributed by atoms with E-state index < -0.39 is 53.6 Å². The molecule has 10 nitrogen and oxygen atoms in total. The zero-order valence-electron chi connectivity index (χ0n) is 25.7. The van der Waals surface area contributed by atoms with Crippen LogP contribution < -0.4 is 10.2 Å². The van der Waals surface area contributed by atoms with Crippen LogP contribution in [0.4, 0.5) is 5.69 Å². The van der Waals surface area contributed by atoms with Crippen LogP contribution in [0.1, 0.15) is 42.6 Å². The van der Waals surface area contributed by atoms with Gasteiger partial charge in [0.25, 0.3) is 5.91 Å². The van der Waals surface area contributed by atoms with Crippen molar-refractivity contribution in [3.63, 3.8) is 0 Å². The molecule has 2 saturated heterocycles. The van der Waals surface area contributed by atoms with Gasteiger partial charge in [0.2, 0.25) is 11.8 Å². The van der Waals surface area contributed by atoms with E-state index in [-0.39, 0.29) is 37.9 Å². The molecule has 2 aromatic carbocycles. The highest BCUT2D eigenvalue weighted by molar-refractivity contribution is 6.06. The van der Waals surface area contributed by atoms with Gasteiger partial charge in [-0.25, -0.2) is 0 Å². The number of nitrogens with zero attached hydrogens (tertiary/aromatic N) is 2. The smallest absolute Gasteiger partial charge is 0.313 e. The third-order valence-electron chi connectivity index (χ3n) is 9.38. The molecule has 0 aliphatic carbocycles. The van der Waals surface area contributed by atoms with Crippen LogP contribution in [0.3, 0.4) is 0 Å². The van der Waals surface area contributed by atoms with Gasteiger partial charge in [-0.15, -0.1) is 0 Å². The molecule has 7 atom stereocenters. The molecule has 0 saturated carbocycles. The Morgan fingerprint density at radius 2 is 1.82 bits per heavy atom. The summed E-state index contributed by atoms with van der Waals surface area (Å²) in [4.78, 5) is 58.9. The Bertz CT molecular complexity index is 1560. The molecule has 6 rings (SSSR count). The lowest BCUT2D eigenvalue weighted by Gasteiger charge is -2.37. The molecular formula is C35H39N3O7. The van der Waals surface area contributed by atoms with E-state index in [9.17, 15) is 24.3 Å². The lowest BCUT2D eigenvalue weighted by molar-refractivity contribution is -0.160. The van der Waals surface area contributed by atoms with Crippen LogP contribution >= 0.6 is 0 Å². The highest BCUT2D eigenvalue weighted by Crippen LogP contribution is 2.54. The Kier molecular flexibility index (Phi) is 8.37. The lowest BCUT2D eigenvalue weighted by atomic mass is 9.77. The van der Waals surface area contributed by atoms with Crippen molar-refractivity contribution in [2.45, 2.75) is 63.5 Å². The molecule has 236 valence electrons. The Morgan fingerprint density at radius 1 is 1.04 bits per heavy atom. The molecule has 3 amide bonds. The number of ether oxygens (including phenoxy) is 2. The van der Waals surface area contributed by atoms with Crippen molar-refractivity contribution in [1.29, 1.82) is 0 Å². The van der Waals surface area contributed by atoms with E-state index in [2.05, 4.69) is 5.32 Å². The van der Waals surface area contributed by atoms with Gasteiger partial charge in [-0.05, 0) is 49.9 Å². The van der Waals surface area contributed by atoms with Gasteiger partial charge in [-0.2, -0.15) is 0 Å². The Hall–Kier alpha value is -4.28. The molecule has 0 bridgehead atoms. The largest absolute Gasteiger partial charge is 0.455 e. The zero-order valence-corrected chi connectivity index (χ0v) is 25.7. The van der Waals surface area contributed by atoms with Gasteiger partial charge >= 0.3 is 5.97 Å². The van der Waals surface area contributed by atoms with Crippen LogP contribution in [0, 0.1) is 25.7 Å². The first-order valence-corrected chi connectivity index (χ1v) is 15.5. The number of benzene rings is 2. The summed E-state index contributed by atoms with van der Waals surface area (Å²) in [6.45, 7) is 5.50. The van der Waals surface area contributed by atoms with Crippen molar-refractivity contribution in [2.24, 2.45) is 11.8 Å². The second-order valence-corrected chi connectivity index (χ2v) is 12.4. The number of likely N-dealkylation sites (tertiary alicyclic amines) is 1. The first kappa shape index (κ1) is 30.7. The third kappa shape index (κ3) is 5.36. The van der Waals surface area contributed by atoms with E-state index in [1.807, 2.05) is 68.5 Å². The predicted octanol–water partition coefficient (Wildman–Crippen LogP) is 2.92. The van der Waals surface area contributed by atoms with Gasteiger partial charge in [-0.1, -0.05) is 66.8 Å². The molecule has 0 aromatic heterocycles. The molecule has 2 fully saturated rings. The quantitative estimate of drug-likeness (QED) is 0.401. The number of aliphatic hydroxyl groups is 1. The standard InChI is InChI=1S/C35H39N3O7/c1-21-14-15-22(2)25(18-21)37-17-9-16-35-30(32(41)38(23(3)20-39)31(35)33(37)42)29-26(45-35)12-7-8-13-28(40)36-19-27(44-34(29)43)24-10-5-4-6-11-24/h4-7,9-12,14-16,18,23,26-27,29-31,39H,8,13,17,19-20H2,1-3H3,(H,36,40)/b12-7-/t23-,26-,27+,29+,30+,31-,35+/m1/s1. The first-order chi connectivity index (χ1) is 21.7. The Balaban J connectivity index is 1.45. The minimum absolute atomic E-state index is 0.0692. The van der Waals surface area contributed by atoms with Crippen molar-refractivity contribution in [2.75, 3.05) is 24.6 Å². The van der Waals surface area contributed by atoms with Crippen molar-refractivity contribution in [1.82, 2.24) is 10.2 Å². The fourth-order valence-corrected chi connectivity index (χ4v) is 7.13. The highest BCUT2D eigenvalue weighted by Gasteiger charge is 2.72. The normalized spacial score (nSPS) is 31.5. The molecule has 0 unspecified atom stereocenters. The minimum Gasteiger partial charge on any atom is -0.455 e. The number of allylic oxidation sites excluding steroid dienone is 1. The van der Waals surface area contributed by atoms with Crippen LogP contribution in [0.2, 0.25) is 0 Å². The van der Waals surface area contributed by atoms with Crippen LogP contribution in [-0.2, 0) is 28.7 Å². The summed E-state index contributed by atoms with van der Waals surface area (Å²) in [5.41, 5.74) is 1.82. The summed E-state index contributed by atoms with van der Waals surface area (Å²) in [6.07, 6.45) is 6.02. The SMILES string of the molecule is Cc1ccc(C)c(N2CC=C[C@]34O[C@@H]5/C=C\CCC(=O)NC[C@@H](c6ccccc6)OC(=O)[C@@H]5[C@H]3C(=O)N([C@H](C)CO)[C@@H]4C2=O)c1. The number of esters is 1. The average Bonchev–Trinajstić information content (AvgIpc) is 3.43. The van der Waals surface area contributed by atoms with Gasteiger partial charge in [0.1, 0.15) is 23.7 Å². The van der Waals surface area contributed by atoms with E-state index in [0.29, 0.717) is 12.0 Å². The van der Waals surface area contributed by atoms with Gasteiger partial charge in [0, 0.05) is 18.7 Å². The second kappa shape index (κ2) is 12.3. The van der Waals surface area contributed by atoms with Crippen LogP contribution in [0.5, 0.6) is 0 Å². The topological polar surface area (TPSA) is 125 Å². The fourth-order valence-electron chi connectivity index (χ4n) is 7.13. The third-order valence-corrected chi connectivity index (χ3v) is 9.38. The number of fused-ring (bicyclic) bond motifs is 2. The molecule has 4 aliphatic rings. The summed E-state index contributed by atoms with van der Waals surface area (Å²) in [7, 11) is 0. The number of aryl methyl sites for hydroxylation is 2. The number of aliphatic hydroxyl groups excluding tert-OH is 1. The van der Waals surface area contributed by atoms with Crippen LogP contribution in [0.15, 0.2) is 72.8 Å². The first-order valence-electron chi connectivity index (χ1n) is 15.5. The van der Waals surface area contributed by atoms with E-state index in [1.54, 1.807) is 30.1 Å². The number of anilines is 1. The predicted molar refractivity (Wildman–Crippen MR) is 166 cm³/mol. The number of carbonyl (C=O) groups is 4. The molecule has 2 aromatic rings. The molecule has 4 aliphatic heterocycles. The number of hydrogen-bond acceptors (Lipinski definition) is 7. The minimum atomic E-state index is -1.49. The van der Waals surface area contributed by atoms with Crippen molar-refractivity contribution < 1.29 is 33.8 Å². The summed E-state index contributed by atoms with van der Waals surface area (Å²) < 4.78 is 12.8. The lowest BCUT2D eigenvalue weighted by Crippen LogP contribution is -2.57. The van der Waals surface area contributed by atoms with Gasteiger partial charge in [0.15, 0.2) is 0 Å². The Labute approximate surface area is 262 Å². The van der Waals surface area contributed by atoms with E-state index >= 15 is 0 Å². The van der Waals surface area contributed by atoms with Crippen molar-refractivity contribution in [3.05, 3.63) is 89.5 Å². The molecule has 2 N–H and O–H groups in total.